The van der Waals surface area contributed by atoms with Gasteiger partial charge in [-0.1, -0.05) is 18.2 Å². The lowest BCUT2D eigenvalue weighted by atomic mass is 9.87. The molecule has 7 heteroatoms. The van der Waals surface area contributed by atoms with Crippen LogP contribution < -0.4 is 11.1 Å². The summed E-state index contributed by atoms with van der Waals surface area (Å²) in [7, 11) is 1.30. The van der Waals surface area contributed by atoms with Crippen molar-refractivity contribution >= 4 is 16.9 Å². The summed E-state index contributed by atoms with van der Waals surface area (Å²) in [4.78, 5) is 37.7. The van der Waals surface area contributed by atoms with Crippen molar-refractivity contribution in [3.8, 4) is 0 Å². The highest BCUT2D eigenvalue weighted by Crippen LogP contribution is 2.30. The van der Waals surface area contributed by atoms with E-state index >= 15 is 0 Å². The lowest BCUT2D eigenvalue weighted by molar-refractivity contribution is -0.140. The zero-order valence-electron chi connectivity index (χ0n) is 15.3. The van der Waals surface area contributed by atoms with Crippen LogP contribution in [0.3, 0.4) is 0 Å². The average Bonchev–Trinajstić information content (AvgIpc) is 3.01. The molecule has 1 aliphatic rings. The van der Waals surface area contributed by atoms with Gasteiger partial charge in [-0.25, -0.2) is 0 Å². The molecule has 1 aromatic carbocycles. The van der Waals surface area contributed by atoms with Crippen LogP contribution in [0.2, 0.25) is 0 Å². The number of nitrogens with one attached hydrogen (secondary N) is 2. The van der Waals surface area contributed by atoms with Crippen LogP contribution in [0.4, 0.5) is 0 Å². The van der Waals surface area contributed by atoms with E-state index in [4.69, 9.17) is 4.74 Å². The number of hydrogen-bond donors (Lipinski definition) is 2. The number of para-hydroxylation sites is 1. The van der Waals surface area contributed by atoms with Gasteiger partial charge in [0.25, 0.3) is 11.1 Å². The Balaban J connectivity index is 2.00. The Hall–Kier alpha value is -3.09. The number of aromatic nitrogens is 3. The molecule has 27 heavy (non-hydrogen) atoms. The number of hydrogen-bond acceptors (Lipinski definition) is 4. The molecule has 0 saturated carbocycles. The zero-order chi connectivity index (χ0) is 19.1. The molecule has 2 aromatic heterocycles. The Kier molecular flexibility index (Phi) is 4.22. The average molecular weight is 367 g/mol. The van der Waals surface area contributed by atoms with Gasteiger partial charge in [0.2, 0.25) is 0 Å². The summed E-state index contributed by atoms with van der Waals surface area (Å²) in [6, 6.07) is 7.81. The summed E-state index contributed by atoms with van der Waals surface area (Å²) in [6.45, 7) is 2.38. The molecule has 1 aliphatic heterocycles. The standard InChI is InChI=1S/C20H21N3O4/c1-11-17(19(25)22-21-11)14(10-16(24)27-2)15-9-13-6-3-5-12-7-4-8-23(18(12)13)20(15)26/h3,5-6,9,14H,4,7-8,10H2,1-2H3,(H2,21,22,25)/t14-/m0/s1. The Labute approximate surface area is 155 Å². The minimum Gasteiger partial charge on any atom is -0.469 e. The first-order valence-electron chi connectivity index (χ1n) is 9.00. The van der Waals surface area contributed by atoms with Gasteiger partial charge in [-0.3, -0.25) is 19.5 Å². The van der Waals surface area contributed by atoms with Gasteiger partial charge in [-0.15, -0.1) is 0 Å². The number of aromatic amines is 2. The third-order valence-electron chi connectivity index (χ3n) is 5.39. The number of nitrogens with zero attached hydrogens (tertiary/aromatic N) is 1. The molecular weight excluding hydrogens is 346 g/mol. The number of carbonyl (C=O) groups excluding carboxylic acids is 1. The van der Waals surface area contributed by atoms with E-state index in [1.54, 1.807) is 11.5 Å². The van der Waals surface area contributed by atoms with Gasteiger partial charge in [-0.2, -0.15) is 0 Å². The van der Waals surface area contributed by atoms with E-state index in [9.17, 15) is 14.4 Å². The molecule has 140 valence electrons. The molecule has 4 rings (SSSR count). The predicted molar refractivity (Wildman–Crippen MR) is 101 cm³/mol. The molecule has 0 spiro atoms. The maximum absolute atomic E-state index is 13.3. The summed E-state index contributed by atoms with van der Waals surface area (Å²) >= 11 is 0. The van der Waals surface area contributed by atoms with Crippen LogP contribution in [-0.4, -0.2) is 27.8 Å². The predicted octanol–water partition coefficient (Wildman–Crippen LogP) is 1.97. The first-order valence-corrected chi connectivity index (χ1v) is 9.00. The van der Waals surface area contributed by atoms with Gasteiger partial charge >= 0.3 is 5.97 Å². The molecule has 3 heterocycles. The summed E-state index contributed by atoms with van der Waals surface area (Å²) in [5.74, 6) is -1.13. The second kappa shape index (κ2) is 6.57. The van der Waals surface area contributed by atoms with Crippen molar-refractivity contribution in [2.24, 2.45) is 0 Å². The van der Waals surface area contributed by atoms with Crippen molar-refractivity contribution in [1.82, 2.24) is 14.8 Å². The van der Waals surface area contributed by atoms with E-state index in [-0.39, 0.29) is 17.5 Å². The second-order valence-corrected chi connectivity index (χ2v) is 6.97. The fourth-order valence-electron chi connectivity index (χ4n) is 4.13. The van der Waals surface area contributed by atoms with Crippen molar-refractivity contribution in [3.63, 3.8) is 0 Å². The highest BCUT2D eigenvalue weighted by Gasteiger charge is 2.28. The normalized spacial score (nSPS) is 14.3. The Morgan fingerprint density at radius 1 is 1.30 bits per heavy atom. The smallest absolute Gasteiger partial charge is 0.306 e. The Morgan fingerprint density at radius 3 is 2.81 bits per heavy atom. The van der Waals surface area contributed by atoms with E-state index in [1.165, 1.54) is 7.11 Å². The molecule has 0 aliphatic carbocycles. The maximum atomic E-state index is 13.3. The highest BCUT2D eigenvalue weighted by molar-refractivity contribution is 5.84. The summed E-state index contributed by atoms with van der Waals surface area (Å²) in [5, 5.41) is 6.27. The Bertz CT molecular complexity index is 1150. The van der Waals surface area contributed by atoms with E-state index < -0.39 is 11.9 Å². The maximum Gasteiger partial charge on any atom is 0.306 e. The summed E-state index contributed by atoms with van der Waals surface area (Å²) < 4.78 is 6.61. The molecule has 0 radical (unpaired) electrons. The van der Waals surface area contributed by atoms with Gasteiger partial charge in [0, 0.05) is 29.3 Å². The highest BCUT2D eigenvalue weighted by atomic mass is 16.5. The molecule has 0 saturated heterocycles. The molecule has 2 N–H and O–H groups in total. The van der Waals surface area contributed by atoms with Gasteiger partial charge in [0.15, 0.2) is 0 Å². The molecule has 1 atom stereocenters. The summed E-state index contributed by atoms with van der Waals surface area (Å²) in [5.41, 5.74) is 3.09. The number of aryl methyl sites for hydroxylation is 3. The molecule has 0 unspecified atom stereocenters. The molecule has 7 nitrogen and oxygen atoms in total. The first kappa shape index (κ1) is 17.3. The topological polar surface area (TPSA) is 96.9 Å². The number of methoxy groups -OCH3 is 1. The van der Waals surface area contributed by atoms with E-state index in [0.29, 0.717) is 23.4 Å². The van der Waals surface area contributed by atoms with Crippen molar-refractivity contribution in [3.05, 3.63) is 67.4 Å². The Morgan fingerprint density at radius 2 is 2.11 bits per heavy atom. The van der Waals surface area contributed by atoms with Crippen LogP contribution in [-0.2, 0) is 22.5 Å². The van der Waals surface area contributed by atoms with Crippen LogP contribution in [0.5, 0.6) is 0 Å². The molecule has 3 aromatic rings. The number of pyridine rings is 1. The summed E-state index contributed by atoms with van der Waals surface area (Å²) in [6.07, 6.45) is 1.76. The van der Waals surface area contributed by atoms with Crippen LogP contribution in [0.1, 0.15) is 41.1 Å². The monoisotopic (exact) mass is 367 g/mol. The van der Waals surface area contributed by atoms with Gasteiger partial charge < -0.3 is 14.4 Å². The van der Waals surface area contributed by atoms with Crippen LogP contribution >= 0.6 is 0 Å². The minimum atomic E-state index is -0.668. The lowest BCUT2D eigenvalue weighted by Gasteiger charge is -2.23. The fraction of sp³-hybridized carbons (Fsp3) is 0.350. The fourth-order valence-corrected chi connectivity index (χ4v) is 4.13. The largest absolute Gasteiger partial charge is 0.469 e. The van der Waals surface area contributed by atoms with Crippen LogP contribution in [0.25, 0.3) is 10.9 Å². The van der Waals surface area contributed by atoms with Crippen molar-refractivity contribution in [1.29, 1.82) is 0 Å². The molecule has 0 amide bonds. The number of rotatable bonds is 4. The minimum absolute atomic E-state index is 0.0707. The van der Waals surface area contributed by atoms with E-state index in [1.807, 2.05) is 24.3 Å². The van der Waals surface area contributed by atoms with Crippen molar-refractivity contribution in [2.75, 3.05) is 7.11 Å². The molecular formula is C20H21N3O4. The van der Waals surface area contributed by atoms with Crippen LogP contribution in [0.15, 0.2) is 33.9 Å². The van der Waals surface area contributed by atoms with Crippen molar-refractivity contribution < 1.29 is 9.53 Å². The number of carbonyl (C=O) groups is 1. The second-order valence-electron chi connectivity index (χ2n) is 6.97. The van der Waals surface area contributed by atoms with Gasteiger partial charge in [0.1, 0.15) is 0 Å². The number of benzene rings is 1. The van der Waals surface area contributed by atoms with E-state index in [0.717, 1.165) is 29.3 Å². The zero-order valence-corrected chi connectivity index (χ0v) is 15.3. The van der Waals surface area contributed by atoms with Crippen LogP contribution in [0, 0.1) is 6.92 Å². The molecule has 0 fully saturated rings. The molecule has 0 bridgehead atoms. The number of H-pyrrole nitrogens is 2. The number of ether oxygens (including phenoxy) is 1. The lowest BCUT2D eigenvalue weighted by Crippen LogP contribution is -2.31. The third-order valence-corrected chi connectivity index (χ3v) is 5.39. The quantitative estimate of drug-likeness (QED) is 0.689. The van der Waals surface area contributed by atoms with E-state index in [2.05, 4.69) is 10.2 Å². The number of esters is 1. The SMILES string of the molecule is COC(=O)C[C@H](c1c(C)[nH][nH]c1=O)c1cc2cccc3c2n(c1=O)CCC3. The van der Waals surface area contributed by atoms with Crippen molar-refractivity contribution in [2.45, 2.75) is 38.6 Å². The third kappa shape index (κ3) is 2.79. The van der Waals surface area contributed by atoms with Gasteiger partial charge in [-0.05, 0) is 36.8 Å². The van der Waals surface area contributed by atoms with Gasteiger partial charge in [0.05, 0.1) is 19.0 Å². The first-order chi connectivity index (χ1) is 13.0.